The Morgan fingerprint density at radius 1 is 1.03 bits per heavy atom. The van der Waals surface area contributed by atoms with E-state index in [2.05, 4.69) is 8.92 Å². The summed E-state index contributed by atoms with van der Waals surface area (Å²) >= 11 is 0.0851. The zero-order valence-corrected chi connectivity index (χ0v) is 18.9. The van der Waals surface area contributed by atoms with Gasteiger partial charge in [-0.1, -0.05) is 19.4 Å². The third-order valence-corrected chi connectivity index (χ3v) is 6.95. The highest BCUT2D eigenvalue weighted by atomic mass is 32.5. The smallest absolute Gasteiger partial charge is 0.338 e. The molecular weight excluding hydrogens is 491 g/mol. The number of halogens is 5. The van der Waals surface area contributed by atoms with Gasteiger partial charge in [-0.3, -0.25) is 0 Å². The van der Waals surface area contributed by atoms with Gasteiger partial charge >= 0.3 is 16.2 Å². The Kier molecular flexibility index (Phi) is 6.13. The van der Waals surface area contributed by atoms with E-state index in [9.17, 15) is 32.6 Å². The lowest BCUT2D eigenvalue weighted by molar-refractivity contribution is 0.0599. The van der Waals surface area contributed by atoms with Gasteiger partial charge in [0, 0.05) is 24.4 Å². The Labute approximate surface area is 179 Å². The molecule has 0 amide bonds. The van der Waals surface area contributed by atoms with Gasteiger partial charge in [0.25, 0.3) is 0 Å². The molecule has 2 rings (SSSR count). The minimum atomic E-state index is -10.1. The molecule has 6 nitrogen and oxygen atoms in total. The summed E-state index contributed by atoms with van der Waals surface area (Å²) in [5.74, 6) is -2.00. The first-order valence-electron chi connectivity index (χ1n) is 8.07. The molecule has 2 aromatic rings. The molecular formula is C17H17F5O6S3. The largest absolute Gasteiger partial charge is 0.465 e. The molecule has 0 unspecified atom stereocenters. The third kappa shape index (κ3) is 6.02. The molecule has 31 heavy (non-hydrogen) atoms. The van der Waals surface area contributed by atoms with E-state index in [1.165, 1.54) is 6.92 Å². The van der Waals surface area contributed by atoms with Gasteiger partial charge in [-0.05, 0) is 36.8 Å². The molecule has 0 bridgehead atoms. The summed E-state index contributed by atoms with van der Waals surface area (Å²) in [4.78, 5) is 8.16. The van der Waals surface area contributed by atoms with Gasteiger partial charge in [-0.25, -0.2) is 13.2 Å². The first-order valence-corrected chi connectivity index (χ1v) is 12.7. The van der Waals surface area contributed by atoms with E-state index < -0.39 is 52.2 Å². The van der Waals surface area contributed by atoms with Crippen molar-refractivity contribution in [1.29, 1.82) is 0 Å². The lowest BCUT2D eigenvalue weighted by Gasteiger charge is -2.41. The zero-order chi connectivity index (χ0) is 23.9. The van der Waals surface area contributed by atoms with E-state index in [0.29, 0.717) is 6.07 Å². The van der Waals surface area contributed by atoms with Crippen LogP contribution in [0.1, 0.15) is 15.9 Å². The topological polar surface area (TPSA) is 78.9 Å². The van der Waals surface area contributed by atoms with Gasteiger partial charge in [0.1, 0.15) is 21.3 Å². The number of aryl methyl sites for hydroxylation is 1. The Morgan fingerprint density at radius 2 is 1.65 bits per heavy atom. The number of sulfone groups is 1. The summed E-state index contributed by atoms with van der Waals surface area (Å²) in [5.41, 5.74) is 0.0727. The number of hydrogen-bond acceptors (Lipinski definition) is 7. The van der Waals surface area contributed by atoms with Crippen molar-refractivity contribution < 1.29 is 46.3 Å². The summed E-state index contributed by atoms with van der Waals surface area (Å²) in [5, 5.41) is 0. The second-order valence-electron chi connectivity index (χ2n) is 6.31. The lowest BCUT2D eigenvalue weighted by atomic mass is 10.1. The quantitative estimate of drug-likeness (QED) is 0.247. The highest BCUT2D eigenvalue weighted by molar-refractivity contribution is 8.45. The first kappa shape index (κ1) is 25.2. The van der Waals surface area contributed by atoms with Gasteiger partial charge in [-0.15, -0.1) is 0 Å². The van der Waals surface area contributed by atoms with Crippen LogP contribution in [-0.2, 0) is 18.8 Å². The number of benzene rings is 2. The molecule has 14 heteroatoms. The van der Waals surface area contributed by atoms with Crippen LogP contribution in [0.5, 0.6) is 11.5 Å². The van der Waals surface area contributed by atoms with E-state index in [4.69, 9.17) is 4.74 Å². The molecule has 0 saturated carbocycles. The number of rotatable bonds is 7. The fraction of sp³-hybridized carbons (Fsp3) is 0.235. The average molecular weight is 509 g/mol. The number of carbonyl (C=O) groups excluding carboxylic acids is 1. The molecule has 0 N–H and O–H groups in total. The van der Waals surface area contributed by atoms with Crippen LogP contribution in [0.2, 0.25) is 0 Å². The maximum Gasteiger partial charge on any atom is 0.338 e. The highest BCUT2D eigenvalue weighted by Crippen LogP contribution is 3.02. The summed E-state index contributed by atoms with van der Waals surface area (Å²) < 4.78 is 106. The van der Waals surface area contributed by atoms with Gasteiger partial charge in [0.2, 0.25) is 0 Å². The van der Waals surface area contributed by atoms with E-state index in [0.717, 1.165) is 38.7 Å². The third-order valence-electron chi connectivity index (χ3n) is 3.83. The van der Waals surface area contributed by atoms with Crippen LogP contribution >= 0.6 is 22.3 Å². The second-order valence-corrected chi connectivity index (χ2v) is 11.6. The Balaban J connectivity index is 2.69. The zero-order valence-electron chi connectivity index (χ0n) is 16.5. The van der Waals surface area contributed by atoms with Crippen LogP contribution in [0, 0.1) is 6.92 Å². The van der Waals surface area contributed by atoms with Crippen LogP contribution in [0.3, 0.4) is 0 Å². The normalized spacial score (nSPS) is 14.5. The van der Waals surface area contributed by atoms with Gasteiger partial charge in [0.15, 0.2) is 9.84 Å². The van der Waals surface area contributed by atoms with Crippen LogP contribution in [0.15, 0.2) is 45.0 Å². The van der Waals surface area contributed by atoms with Gasteiger partial charge in [0.05, 0.1) is 24.7 Å². The highest BCUT2D eigenvalue weighted by Gasteiger charge is 2.67. The van der Waals surface area contributed by atoms with E-state index in [-0.39, 0.29) is 29.2 Å². The fourth-order valence-electron chi connectivity index (χ4n) is 2.50. The van der Waals surface area contributed by atoms with Crippen LogP contribution in [0.25, 0.3) is 0 Å². The Morgan fingerprint density at radius 3 is 2.13 bits per heavy atom. The summed E-state index contributed by atoms with van der Waals surface area (Å²) in [6.07, 6.45) is 0.782. The van der Waals surface area contributed by atoms with E-state index in [1.54, 1.807) is 0 Å². The molecule has 0 aromatic heterocycles. The molecule has 2 aromatic carbocycles. The number of esters is 1. The number of carbonyl (C=O) groups is 1. The molecule has 0 aliphatic rings. The summed E-state index contributed by atoms with van der Waals surface area (Å²) in [6.45, 7) is 1.41. The molecule has 0 aliphatic carbocycles. The predicted molar refractivity (Wildman–Crippen MR) is 106 cm³/mol. The molecule has 0 spiro atoms. The molecule has 0 heterocycles. The van der Waals surface area contributed by atoms with Gasteiger partial charge in [-0.2, -0.15) is 0 Å². The van der Waals surface area contributed by atoms with Crippen molar-refractivity contribution >= 4 is 38.1 Å². The van der Waals surface area contributed by atoms with Crippen molar-refractivity contribution in [3.63, 3.8) is 0 Å². The minimum Gasteiger partial charge on any atom is -0.465 e. The van der Waals surface area contributed by atoms with Crippen molar-refractivity contribution in [2.75, 3.05) is 20.5 Å². The van der Waals surface area contributed by atoms with Crippen molar-refractivity contribution in [2.45, 2.75) is 21.6 Å². The molecule has 0 saturated heterocycles. The monoisotopic (exact) mass is 508 g/mol. The second kappa shape index (κ2) is 7.53. The molecule has 0 atom stereocenters. The average Bonchev–Trinajstić information content (AvgIpc) is 2.59. The van der Waals surface area contributed by atoms with Crippen molar-refractivity contribution in [1.82, 2.24) is 0 Å². The molecule has 174 valence electrons. The van der Waals surface area contributed by atoms with Crippen molar-refractivity contribution in [3.8, 4) is 11.5 Å². The van der Waals surface area contributed by atoms with Crippen LogP contribution in [0.4, 0.5) is 19.4 Å². The summed E-state index contributed by atoms with van der Waals surface area (Å²) in [6, 6.07) is 3.75. The lowest BCUT2D eigenvalue weighted by Crippen LogP contribution is -2.09. The Bertz CT molecular complexity index is 1150. The van der Waals surface area contributed by atoms with Crippen LogP contribution in [-0.4, -0.2) is 34.9 Å². The van der Waals surface area contributed by atoms with Crippen LogP contribution < -0.4 is 4.74 Å². The van der Waals surface area contributed by atoms with Gasteiger partial charge < -0.3 is 13.7 Å². The SMILES string of the molecule is COSc1ccc(Oc2cc(C)c(C(=O)OC)cc2S(C)(=O)=O)cc1S(F)(F)(F)(F)F. The number of hydrogen-bond donors (Lipinski definition) is 0. The predicted octanol–water partition coefficient (Wildman–Crippen LogP) is 6.29. The maximum atomic E-state index is 13.5. The summed E-state index contributed by atoms with van der Waals surface area (Å²) in [7, 11) is -12.1. The van der Waals surface area contributed by atoms with Crippen molar-refractivity contribution in [3.05, 3.63) is 41.5 Å². The number of ether oxygens (including phenoxy) is 2. The standard InChI is InChI=1S/C17H17F5O6S3/c1-10-7-13(15(30(4,24)25)9-12(10)17(23)26-2)28-11-5-6-14(29-27-3)16(8-11)31(18,19,20,21)22/h5-9H,1-4H3. The molecule has 0 fully saturated rings. The fourth-order valence-corrected chi connectivity index (χ4v) is 5.10. The minimum absolute atomic E-state index is 0.0680. The molecule has 0 radical (unpaired) electrons. The first-order chi connectivity index (χ1) is 13.9. The maximum absolute atomic E-state index is 13.5. The number of methoxy groups -OCH3 is 1. The van der Waals surface area contributed by atoms with E-state index in [1.807, 2.05) is 0 Å². The Hall–Kier alpha value is -2.03. The molecule has 0 aliphatic heterocycles. The van der Waals surface area contributed by atoms with Crippen molar-refractivity contribution in [2.24, 2.45) is 0 Å². The van der Waals surface area contributed by atoms with E-state index >= 15 is 0 Å².